The molecule has 0 unspecified atom stereocenters. The molecule has 2 aromatic rings. The van der Waals surface area contributed by atoms with E-state index < -0.39 is 10.0 Å². The Balaban J connectivity index is 2.33. The van der Waals surface area contributed by atoms with E-state index in [2.05, 4.69) is 14.7 Å². The third-order valence-corrected chi connectivity index (χ3v) is 5.16. The van der Waals surface area contributed by atoms with Gasteiger partial charge in [0.1, 0.15) is 0 Å². The van der Waals surface area contributed by atoms with Crippen molar-refractivity contribution in [2.45, 2.75) is 18.1 Å². The first-order valence-corrected chi connectivity index (χ1v) is 7.37. The molecule has 0 atom stereocenters. The van der Waals surface area contributed by atoms with Gasteiger partial charge in [-0.05, 0) is 26.0 Å². The predicted molar refractivity (Wildman–Crippen MR) is 71.0 cm³/mol. The molecule has 6 nitrogen and oxygen atoms in total. The van der Waals surface area contributed by atoms with E-state index in [1.54, 1.807) is 19.1 Å². The standard InChI is InChI=1S/C10H12N4O2S2/c1-6-3-4-8(5-12-6)14-18(15,16)9-7(2)13-10(11)17-9/h3-5,14H,1-2H3,(H2,11,13). The fourth-order valence-corrected chi connectivity index (χ4v) is 3.73. The van der Waals surface area contributed by atoms with E-state index >= 15 is 0 Å². The number of sulfonamides is 1. The van der Waals surface area contributed by atoms with Crippen molar-refractivity contribution in [3.63, 3.8) is 0 Å². The average molecular weight is 284 g/mol. The van der Waals surface area contributed by atoms with Crippen molar-refractivity contribution in [2.75, 3.05) is 10.5 Å². The van der Waals surface area contributed by atoms with Crippen LogP contribution in [0.15, 0.2) is 22.5 Å². The Bertz CT molecular complexity index is 662. The minimum absolute atomic E-state index is 0.126. The number of thiazole rings is 1. The number of hydrogen-bond donors (Lipinski definition) is 2. The summed E-state index contributed by atoms with van der Waals surface area (Å²) < 4.78 is 26.8. The third kappa shape index (κ3) is 2.59. The van der Waals surface area contributed by atoms with Gasteiger partial charge in [0.15, 0.2) is 9.34 Å². The Morgan fingerprint density at radius 2 is 2.06 bits per heavy atom. The summed E-state index contributed by atoms with van der Waals surface area (Å²) in [4.78, 5) is 7.92. The minimum atomic E-state index is -3.65. The monoisotopic (exact) mass is 284 g/mol. The molecule has 0 saturated heterocycles. The summed E-state index contributed by atoms with van der Waals surface area (Å²) in [5.74, 6) is 0. The normalized spacial score (nSPS) is 11.4. The molecule has 0 spiro atoms. The van der Waals surface area contributed by atoms with Gasteiger partial charge in [-0.2, -0.15) is 0 Å². The number of aromatic nitrogens is 2. The van der Waals surface area contributed by atoms with Gasteiger partial charge in [-0.1, -0.05) is 11.3 Å². The smallest absolute Gasteiger partial charge is 0.273 e. The predicted octanol–water partition coefficient (Wildman–Crippen LogP) is 1.54. The number of nitrogen functional groups attached to an aromatic ring is 1. The Labute approximate surface area is 109 Å². The molecule has 2 heterocycles. The van der Waals surface area contributed by atoms with Crippen molar-refractivity contribution in [2.24, 2.45) is 0 Å². The zero-order valence-corrected chi connectivity index (χ0v) is 11.5. The van der Waals surface area contributed by atoms with Crippen molar-refractivity contribution >= 4 is 32.2 Å². The minimum Gasteiger partial charge on any atom is -0.375 e. The largest absolute Gasteiger partial charge is 0.375 e. The van der Waals surface area contributed by atoms with Crippen molar-refractivity contribution in [3.05, 3.63) is 29.7 Å². The van der Waals surface area contributed by atoms with E-state index in [4.69, 9.17) is 5.73 Å². The van der Waals surface area contributed by atoms with Gasteiger partial charge in [0.2, 0.25) is 0 Å². The van der Waals surface area contributed by atoms with Gasteiger partial charge >= 0.3 is 0 Å². The van der Waals surface area contributed by atoms with Gasteiger partial charge in [-0.25, -0.2) is 13.4 Å². The molecule has 0 aromatic carbocycles. The molecule has 2 aromatic heterocycles. The van der Waals surface area contributed by atoms with Gasteiger partial charge in [0, 0.05) is 5.69 Å². The molecule has 0 aliphatic rings. The lowest BCUT2D eigenvalue weighted by atomic mass is 10.4. The van der Waals surface area contributed by atoms with Gasteiger partial charge in [-0.15, -0.1) is 0 Å². The molecule has 0 aliphatic heterocycles. The highest BCUT2D eigenvalue weighted by atomic mass is 32.2. The lowest BCUT2D eigenvalue weighted by molar-refractivity contribution is 0.602. The van der Waals surface area contributed by atoms with Gasteiger partial charge in [-0.3, -0.25) is 9.71 Å². The maximum Gasteiger partial charge on any atom is 0.273 e. The first-order chi connectivity index (χ1) is 8.38. The molecule has 3 N–H and O–H groups in total. The lowest BCUT2D eigenvalue weighted by Gasteiger charge is -2.06. The van der Waals surface area contributed by atoms with Gasteiger partial charge in [0.25, 0.3) is 10.0 Å². The molecular weight excluding hydrogens is 272 g/mol. The zero-order chi connectivity index (χ0) is 13.3. The molecule has 8 heteroatoms. The van der Waals surface area contributed by atoms with E-state index in [0.29, 0.717) is 11.4 Å². The van der Waals surface area contributed by atoms with Crippen LogP contribution in [0.5, 0.6) is 0 Å². The van der Waals surface area contributed by atoms with E-state index in [1.807, 2.05) is 6.92 Å². The quantitative estimate of drug-likeness (QED) is 0.890. The number of nitrogens with one attached hydrogen (secondary N) is 1. The van der Waals surface area contributed by atoms with E-state index in [9.17, 15) is 8.42 Å². The summed E-state index contributed by atoms with van der Waals surface area (Å²) in [6, 6.07) is 3.38. The van der Waals surface area contributed by atoms with Crippen LogP contribution < -0.4 is 10.5 Å². The molecule has 2 rings (SSSR count). The summed E-state index contributed by atoms with van der Waals surface area (Å²) >= 11 is 0.939. The van der Waals surface area contributed by atoms with Gasteiger partial charge < -0.3 is 5.73 Å². The SMILES string of the molecule is Cc1ccc(NS(=O)(=O)c2sc(N)nc2C)cn1. The molecule has 0 fully saturated rings. The van der Waals surface area contributed by atoms with Crippen LogP contribution in [0.25, 0.3) is 0 Å². The van der Waals surface area contributed by atoms with Crippen LogP contribution in [0.4, 0.5) is 10.8 Å². The summed E-state index contributed by atoms with van der Waals surface area (Å²) in [6.45, 7) is 3.43. The summed E-state index contributed by atoms with van der Waals surface area (Å²) in [6.07, 6.45) is 1.46. The first kappa shape index (κ1) is 12.8. The van der Waals surface area contributed by atoms with Crippen LogP contribution in [-0.4, -0.2) is 18.4 Å². The number of nitrogens with two attached hydrogens (primary N) is 1. The lowest BCUT2D eigenvalue weighted by Crippen LogP contribution is -2.12. The van der Waals surface area contributed by atoms with Crippen LogP contribution in [0.2, 0.25) is 0 Å². The summed E-state index contributed by atoms with van der Waals surface area (Å²) in [5, 5.41) is 0.231. The van der Waals surface area contributed by atoms with E-state index in [-0.39, 0.29) is 9.34 Å². The fourth-order valence-electron chi connectivity index (χ4n) is 1.38. The Morgan fingerprint density at radius 3 is 2.56 bits per heavy atom. The Hall–Kier alpha value is -1.67. The number of anilines is 2. The number of aryl methyl sites for hydroxylation is 2. The van der Waals surface area contributed by atoms with Crippen LogP contribution in [-0.2, 0) is 10.0 Å². The molecule has 0 radical (unpaired) electrons. The molecule has 0 amide bonds. The summed E-state index contributed by atoms with van der Waals surface area (Å²) in [5.41, 5.74) is 7.11. The van der Waals surface area contributed by atoms with Crippen LogP contribution in [0.3, 0.4) is 0 Å². The Morgan fingerprint density at radius 1 is 1.33 bits per heavy atom. The maximum atomic E-state index is 12.1. The molecule has 0 aliphatic carbocycles. The number of nitrogens with zero attached hydrogens (tertiary/aromatic N) is 2. The summed E-state index contributed by atoms with van der Waals surface area (Å²) in [7, 11) is -3.65. The first-order valence-electron chi connectivity index (χ1n) is 5.07. The second-order valence-electron chi connectivity index (χ2n) is 3.72. The zero-order valence-electron chi connectivity index (χ0n) is 9.84. The van der Waals surface area contributed by atoms with Gasteiger partial charge in [0.05, 0.1) is 17.6 Å². The number of hydrogen-bond acceptors (Lipinski definition) is 6. The van der Waals surface area contributed by atoms with Crippen molar-refractivity contribution < 1.29 is 8.42 Å². The van der Waals surface area contributed by atoms with Crippen molar-refractivity contribution in [1.82, 2.24) is 9.97 Å². The topological polar surface area (TPSA) is 98.0 Å². The maximum absolute atomic E-state index is 12.1. The highest BCUT2D eigenvalue weighted by Gasteiger charge is 2.21. The van der Waals surface area contributed by atoms with E-state index in [1.165, 1.54) is 6.20 Å². The van der Waals surface area contributed by atoms with Crippen molar-refractivity contribution in [1.29, 1.82) is 0 Å². The molecule has 18 heavy (non-hydrogen) atoms. The molecule has 96 valence electrons. The Kier molecular flexibility index (Phi) is 3.22. The highest BCUT2D eigenvalue weighted by Crippen LogP contribution is 2.26. The van der Waals surface area contributed by atoms with Crippen LogP contribution >= 0.6 is 11.3 Å². The molecule has 0 saturated carbocycles. The van der Waals surface area contributed by atoms with Crippen LogP contribution in [0, 0.1) is 13.8 Å². The van der Waals surface area contributed by atoms with Crippen molar-refractivity contribution in [3.8, 4) is 0 Å². The molecule has 0 bridgehead atoms. The average Bonchev–Trinajstić information content (AvgIpc) is 2.62. The highest BCUT2D eigenvalue weighted by molar-refractivity contribution is 7.94. The fraction of sp³-hybridized carbons (Fsp3) is 0.200. The second-order valence-corrected chi connectivity index (χ2v) is 6.63. The number of pyridine rings is 1. The second kappa shape index (κ2) is 4.54. The van der Waals surface area contributed by atoms with E-state index in [0.717, 1.165) is 17.0 Å². The number of rotatable bonds is 3. The van der Waals surface area contributed by atoms with Crippen LogP contribution in [0.1, 0.15) is 11.4 Å². The third-order valence-electron chi connectivity index (χ3n) is 2.18. The molecular formula is C10H12N4O2S2.